The van der Waals surface area contributed by atoms with Crippen molar-refractivity contribution in [3.8, 4) is 5.75 Å². The van der Waals surface area contributed by atoms with Crippen molar-refractivity contribution in [2.45, 2.75) is 6.92 Å². The third-order valence-corrected chi connectivity index (χ3v) is 2.75. The summed E-state index contributed by atoms with van der Waals surface area (Å²) in [6, 6.07) is 5.81. The lowest BCUT2D eigenvalue weighted by atomic mass is 10.1. The number of methoxy groups -OCH3 is 1. The van der Waals surface area contributed by atoms with Gasteiger partial charge in [0.05, 0.1) is 18.3 Å². The van der Waals surface area contributed by atoms with Crippen molar-refractivity contribution in [1.82, 2.24) is 4.57 Å². The van der Waals surface area contributed by atoms with Crippen LogP contribution in [0.25, 0.3) is 10.9 Å². The number of aromatic nitrogens is 1. The summed E-state index contributed by atoms with van der Waals surface area (Å²) in [5.74, 6) is 0.797. The molecule has 0 amide bonds. The number of fused-ring (bicyclic) bond motifs is 1. The summed E-state index contributed by atoms with van der Waals surface area (Å²) in [6.07, 6.45) is 0.860. The van der Waals surface area contributed by atoms with Gasteiger partial charge in [0.15, 0.2) is 6.29 Å². The molecule has 0 spiro atoms. The van der Waals surface area contributed by atoms with Crippen molar-refractivity contribution in [3.63, 3.8) is 0 Å². The monoisotopic (exact) mass is 203 g/mol. The zero-order valence-electron chi connectivity index (χ0n) is 9.07. The molecule has 0 unspecified atom stereocenters. The van der Waals surface area contributed by atoms with Crippen molar-refractivity contribution in [2.75, 3.05) is 7.11 Å². The Kier molecular flexibility index (Phi) is 2.23. The van der Waals surface area contributed by atoms with Crippen LogP contribution in [0.4, 0.5) is 0 Å². The first kappa shape index (κ1) is 9.77. The SMILES string of the molecule is COc1ccc(C)c2cc(C=O)n(C)c12. The fourth-order valence-corrected chi connectivity index (χ4v) is 1.87. The maximum absolute atomic E-state index is 10.8. The summed E-state index contributed by atoms with van der Waals surface area (Å²) >= 11 is 0. The standard InChI is InChI=1S/C12H13NO2/c1-8-4-5-11(15-3)12-10(8)6-9(7-14)13(12)2/h4-7H,1-3H3. The lowest BCUT2D eigenvalue weighted by Crippen LogP contribution is -1.95. The number of aldehydes is 1. The van der Waals surface area contributed by atoms with Crippen LogP contribution in [0.2, 0.25) is 0 Å². The van der Waals surface area contributed by atoms with Gasteiger partial charge in [-0.3, -0.25) is 4.79 Å². The predicted molar refractivity (Wildman–Crippen MR) is 59.6 cm³/mol. The van der Waals surface area contributed by atoms with Gasteiger partial charge in [0.2, 0.25) is 0 Å². The number of carbonyl (C=O) groups excluding carboxylic acids is 1. The summed E-state index contributed by atoms with van der Waals surface area (Å²) in [6.45, 7) is 2.02. The lowest BCUT2D eigenvalue weighted by Gasteiger charge is -2.06. The molecule has 78 valence electrons. The van der Waals surface area contributed by atoms with Gasteiger partial charge < -0.3 is 9.30 Å². The van der Waals surface area contributed by atoms with Gasteiger partial charge in [-0.05, 0) is 24.6 Å². The summed E-state index contributed by atoms with van der Waals surface area (Å²) in [4.78, 5) is 10.8. The Bertz CT molecular complexity index is 526. The predicted octanol–water partition coefficient (Wildman–Crippen LogP) is 2.31. The smallest absolute Gasteiger partial charge is 0.166 e. The molecule has 1 aromatic carbocycles. The largest absolute Gasteiger partial charge is 0.495 e. The molecule has 0 saturated heterocycles. The maximum atomic E-state index is 10.8. The van der Waals surface area contributed by atoms with Crippen LogP contribution >= 0.6 is 0 Å². The van der Waals surface area contributed by atoms with E-state index in [4.69, 9.17) is 4.74 Å². The van der Waals surface area contributed by atoms with E-state index in [2.05, 4.69) is 0 Å². The second-order valence-corrected chi connectivity index (χ2v) is 3.59. The first-order valence-corrected chi connectivity index (χ1v) is 4.77. The molecule has 0 aliphatic rings. The second-order valence-electron chi connectivity index (χ2n) is 3.59. The quantitative estimate of drug-likeness (QED) is 0.701. The van der Waals surface area contributed by atoms with Crippen molar-refractivity contribution < 1.29 is 9.53 Å². The molecule has 1 aromatic heterocycles. The van der Waals surface area contributed by atoms with E-state index in [1.807, 2.05) is 36.7 Å². The van der Waals surface area contributed by atoms with Gasteiger partial charge in [0.1, 0.15) is 5.75 Å². The Morgan fingerprint density at radius 3 is 2.73 bits per heavy atom. The minimum absolute atomic E-state index is 0.664. The molecule has 2 aromatic rings. The van der Waals surface area contributed by atoms with E-state index in [0.29, 0.717) is 5.69 Å². The minimum Gasteiger partial charge on any atom is -0.495 e. The average Bonchev–Trinajstić information content (AvgIpc) is 2.58. The van der Waals surface area contributed by atoms with Crippen LogP contribution in [0.5, 0.6) is 5.75 Å². The Morgan fingerprint density at radius 1 is 1.40 bits per heavy atom. The molecule has 3 heteroatoms. The summed E-state index contributed by atoms with van der Waals surface area (Å²) in [7, 11) is 3.51. The molecule has 0 bridgehead atoms. The number of hydrogen-bond acceptors (Lipinski definition) is 2. The number of ether oxygens (including phenoxy) is 1. The summed E-state index contributed by atoms with van der Waals surface area (Å²) < 4.78 is 7.14. The minimum atomic E-state index is 0.664. The average molecular weight is 203 g/mol. The van der Waals surface area contributed by atoms with Gasteiger partial charge in [0, 0.05) is 12.4 Å². The van der Waals surface area contributed by atoms with Crippen LogP contribution in [0.1, 0.15) is 16.1 Å². The van der Waals surface area contributed by atoms with E-state index in [1.54, 1.807) is 7.11 Å². The topological polar surface area (TPSA) is 31.2 Å². The first-order valence-electron chi connectivity index (χ1n) is 4.77. The summed E-state index contributed by atoms with van der Waals surface area (Å²) in [5, 5.41) is 1.07. The van der Waals surface area contributed by atoms with Crippen molar-refractivity contribution >= 4 is 17.2 Å². The van der Waals surface area contributed by atoms with E-state index >= 15 is 0 Å². The zero-order valence-corrected chi connectivity index (χ0v) is 9.07. The third-order valence-electron chi connectivity index (χ3n) is 2.75. The molecule has 0 aliphatic heterocycles. The molecule has 3 nitrogen and oxygen atoms in total. The van der Waals surface area contributed by atoms with Gasteiger partial charge in [-0.15, -0.1) is 0 Å². The van der Waals surface area contributed by atoms with Gasteiger partial charge in [0.25, 0.3) is 0 Å². The molecule has 0 N–H and O–H groups in total. The highest BCUT2D eigenvalue weighted by atomic mass is 16.5. The second kappa shape index (κ2) is 3.42. The van der Waals surface area contributed by atoms with Gasteiger partial charge in [-0.25, -0.2) is 0 Å². The zero-order chi connectivity index (χ0) is 11.0. The highest BCUT2D eigenvalue weighted by molar-refractivity contribution is 5.94. The number of nitrogens with zero attached hydrogens (tertiary/aromatic N) is 1. The molecule has 0 saturated carbocycles. The number of benzene rings is 1. The molecule has 0 radical (unpaired) electrons. The number of rotatable bonds is 2. The van der Waals surface area contributed by atoms with Gasteiger partial charge in [-0.1, -0.05) is 6.07 Å². The fourth-order valence-electron chi connectivity index (χ4n) is 1.87. The Balaban J connectivity index is 2.91. The molecule has 0 atom stereocenters. The fraction of sp³-hybridized carbons (Fsp3) is 0.250. The van der Waals surface area contributed by atoms with Gasteiger partial charge in [-0.2, -0.15) is 0 Å². The van der Waals surface area contributed by atoms with E-state index in [0.717, 1.165) is 28.5 Å². The van der Waals surface area contributed by atoms with E-state index in [-0.39, 0.29) is 0 Å². The van der Waals surface area contributed by atoms with Crippen LogP contribution in [-0.4, -0.2) is 18.0 Å². The third kappa shape index (κ3) is 1.31. The Labute approximate surface area is 88.3 Å². The molecular formula is C12H13NO2. The van der Waals surface area contributed by atoms with Crippen LogP contribution < -0.4 is 4.74 Å². The first-order chi connectivity index (χ1) is 7.19. The highest BCUT2D eigenvalue weighted by Gasteiger charge is 2.11. The Hall–Kier alpha value is -1.77. The van der Waals surface area contributed by atoms with Crippen LogP contribution in [0.3, 0.4) is 0 Å². The molecule has 15 heavy (non-hydrogen) atoms. The van der Waals surface area contributed by atoms with Crippen molar-refractivity contribution in [2.24, 2.45) is 7.05 Å². The van der Waals surface area contributed by atoms with Crippen LogP contribution in [-0.2, 0) is 7.05 Å². The summed E-state index contributed by atoms with van der Waals surface area (Å²) in [5.41, 5.74) is 2.78. The normalized spacial score (nSPS) is 10.6. The molecular weight excluding hydrogens is 190 g/mol. The number of aryl methyl sites for hydroxylation is 2. The van der Waals surface area contributed by atoms with E-state index in [9.17, 15) is 4.79 Å². The van der Waals surface area contributed by atoms with E-state index in [1.165, 1.54) is 0 Å². The van der Waals surface area contributed by atoms with Gasteiger partial charge >= 0.3 is 0 Å². The molecule has 0 aliphatic carbocycles. The molecule has 1 heterocycles. The van der Waals surface area contributed by atoms with E-state index < -0.39 is 0 Å². The Morgan fingerprint density at radius 2 is 2.13 bits per heavy atom. The van der Waals surface area contributed by atoms with Crippen molar-refractivity contribution in [1.29, 1.82) is 0 Å². The lowest BCUT2D eigenvalue weighted by molar-refractivity contribution is 0.111. The van der Waals surface area contributed by atoms with Crippen LogP contribution in [0, 0.1) is 6.92 Å². The molecule has 2 rings (SSSR count). The highest BCUT2D eigenvalue weighted by Crippen LogP contribution is 2.30. The molecule has 0 fully saturated rings. The number of hydrogen-bond donors (Lipinski definition) is 0. The number of carbonyl (C=O) groups is 1. The van der Waals surface area contributed by atoms with Crippen LogP contribution in [0.15, 0.2) is 18.2 Å². The van der Waals surface area contributed by atoms with Crippen molar-refractivity contribution in [3.05, 3.63) is 29.5 Å². The maximum Gasteiger partial charge on any atom is 0.166 e.